The lowest BCUT2D eigenvalue weighted by atomic mass is 10.2. The molecule has 0 aliphatic heterocycles. The van der Waals surface area contributed by atoms with Gasteiger partial charge in [-0.15, -0.1) is 0 Å². The summed E-state index contributed by atoms with van der Waals surface area (Å²) in [4.78, 5) is 14.9. The predicted molar refractivity (Wildman–Crippen MR) is 54.1 cm³/mol. The van der Waals surface area contributed by atoms with E-state index in [2.05, 4.69) is 10.3 Å². The summed E-state index contributed by atoms with van der Waals surface area (Å²) in [6.07, 6.45) is 2.72. The number of pyridine rings is 1. The SMILES string of the molecule is O=C(NCc1ccco1)c1ccc(F)nc1. The minimum Gasteiger partial charge on any atom is -0.467 e. The number of amides is 1. The normalized spacial score (nSPS) is 10.1. The van der Waals surface area contributed by atoms with Gasteiger partial charge in [-0.2, -0.15) is 4.39 Å². The minimum absolute atomic E-state index is 0.295. The highest BCUT2D eigenvalue weighted by atomic mass is 19.1. The van der Waals surface area contributed by atoms with E-state index in [0.29, 0.717) is 17.9 Å². The largest absolute Gasteiger partial charge is 0.467 e. The van der Waals surface area contributed by atoms with Crippen LogP contribution in [0.3, 0.4) is 0 Å². The highest BCUT2D eigenvalue weighted by Crippen LogP contribution is 2.02. The maximum Gasteiger partial charge on any atom is 0.253 e. The summed E-state index contributed by atoms with van der Waals surface area (Å²) in [5.74, 6) is -0.269. The summed E-state index contributed by atoms with van der Waals surface area (Å²) in [5.41, 5.74) is 0.313. The number of carbonyl (C=O) groups is 1. The van der Waals surface area contributed by atoms with Gasteiger partial charge in [0.2, 0.25) is 5.95 Å². The Kier molecular flexibility index (Phi) is 2.95. The molecule has 16 heavy (non-hydrogen) atoms. The first kappa shape index (κ1) is 10.4. The molecule has 5 heteroatoms. The first-order chi connectivity index (χ1) is 7.75. The molecule has 0 bridgehead atoms. The monoisotopic (exact) mass is 220 g/mol. The molecule has 0 unspecified atom stereocenters. The number of rotatable bonds is 3. The molecule has 0 saturated heterocycles. The van der Waals surface area contributed by atoms with Crippen LogP contribution in [0.5, 0.6) is 0 Å². The van der Waals surface area contributed by atoms with Crippen LogP contribution < -0.4 is 5.32 Å². The Labute approximate surface area is 91.1 Å². The molecule has 0 aliphatic rings. The van der Waals surface area contributed by atoms with Gasteiger partial charge in [0, 0.05) is 6.20 Å². The summed E-state index contributed by atoms with van der Waals surface area (Å²) in [6, 6.07) is 6.01. The molecule has 2 rings (SSSR count). The van der Waals surface area contributed by atoms with E-state index in [1.54, 1.807) is 12.1 Å². The zero-order valence-electron chi connectivity index (χ0n) is 8.31. The molecule has 0 radical (unpaired) electrons. The third-order valence-corrected chi connectivity index (χ3v) is 1.99. The molecular formula is C11H9FN2O2. The topological polar surface area (TPSA) is 55.1 Å². The van der Waals surface area contributed by atoms with Crippen LogP contribution in [-0.2, 0) is 6.54 Å². The molecule has 0 spiro atoms. The highest BCUT2D eigenvalue weighted by Gasteiger charge is 2.06. The van der Waals surface area contributed by atoms with E-state index >= 15 is 0 Å². The average Bonchev–Trinajstić information content (AvgIpc) is 2.80. The van der Waals surface area contributed by atoms with Gasteiger partial charge in [-0.05, 0) is 24.3 Å². The quantitative estimate of drug-likeness (QED) is 0.801. The summed E-state index contributed by atoms with van der Waals surface area (Å²) in [5, 5.41) is 2.63. The highest BCUT2D eigenvalue weighted by molar-refractivity contribution is 5.93. The first-order valence-electron chi connectivity index (χ1n) is 4.68. The lowest BCUT2D eigenvalue weighted by Crippen LogP contribution is -2.22. The Bertz CT molecular complexity index is 465. The van der Waals surface area contributed by atoms with Crippen LogP contribution in [0.25, 0.3) is 0 Å². The van der Waals surface area contributed by atoms with Crippen molar-refractivity contribution in [1.29, 1.82) is 0 Å². The summed E-state index contributed by atoms with van der Waals surface area (Å²) < 4.78 is 17.5. The number of furan rings is 1. The van der Waals surface area contributed by atoms with Gasteiger partial charge in [0.05, 0.1) is 18.4 Å². The van der Waals surface area contributed by atoms with Crippen molar-refractivity contribution in [3.63, 3.8) is 0 Å². The average molecular weight is 220 g/mol. The molecule has 1 N–H and O–H groups in total. The van der Waals surface area contributed by atoms with E-state index in [-0.39, 0.29) is 5.91 Å². The molecule has 2 aromatic rings. The van der Waals surface area contributed by atoms with Crippen LogP contribution in [0.15, 0.2) is 41.1 Å². The van der Waals surface area contributed by atoms with Crippen molar-refractivity contribution in [1.82, 2.24) is 10.3 Å². The van der Waals surface area contributed by atoms with Crippen molar-refractivity contribution in [2.24, 2.45) is 0 Å². The van der Waals surface area contributed by atoms with E-state index in [9.17, 15) is 9.18 Å². The van der Waals surface area contributed by atoms with Gasteiger partial charge < -0.3 is 9.73 Å². The fourth-order valence-corrected chi connectivity index (χ4v) is 1.19. The fourth-order valence-electron chi connectivity index (χ4n) is 1.19. The van der Waals surface area contributed by atoms with E-state index in [1.165, 1.54) is 18.5 Å². The Morgan fingerprint density at radius 2 is 2.31 bits per heavy atom. The van der Waals surface area contributed by atoms with Gasteiger partial charge in [0.1, 0.15) is 5.76 Å². The summed E-state index contributed by atoms with van der Waals surface area (Å²) in [6.45, 7) is 0.295. The fraction of sp³-hybridized carbons (Fsp3) is 0.0909. The number of nitrogens with zero attached hydrogens (tertiary/aromatic N) is 1. The van der Waals surface area contributed by atoms with Gasteiger partial charge in [-0.25, -0.2) is 4.98 Å². The van der Waals surface area contributed by atoms with Crippen LogP contribution in [0, 0.1) is 5.95 Å². The summed E-state index contributed by atoms with van der Waals surface area (Å²) >= 11 is 0. The molecule has 82 valence electrons. The number of carbonyl (C=O) groups excluding carboxylic acids is 1. The van der Waals surface area contributed by atoms with E-state index in [4.69, 9.17) is 4.42 Å². The minimum atomic E-state index is -0.609. The van der Waals surface area contributed by atoms with Crippen LogP contribution in [0.2, 0.25) is 0 Å². The third kappa shape index (κ3) is 2.44. The molecule has 0 atom stereocenters. The predicted octanol–water partition coefficient (Wildman–Crippen LogP) is 1.74. The molecule has 4 nitrogen and oxygen atoms in total. The van der Waals surface area contributed by atoms with Crippen LogP contribution >= 0.6 is 0 Å². The Balaban J connectivity index is 1.95. The number of nitrogens with one attached hydrogen (secondary N) is 1. The lowest BCUT2D eigenvalue weighted by molar-refractivity contribution is 0.0947. The lowest BCUT2D eigenvalue weighted by Gasteiger charge is -2.02. The number of hydrogen-bond acceptors (Lipinski definition) is 3. The second-order valence-corrected chi connectivity index (χ2v) is 3.13. The van der Waals surface area contributed by atoms with Crippen molar-refractivity contribution in [3.05, 3.63) is 54.0 Å². The third-order valence-electron chi connectivity index (χ3n) is 1.99. The second-order valence-electron chi connectivity index (χ2n) is 3.13. The zero-order valence-corrected chi connectivity index (χ0v) is 8.31. The molecule has 0 saturated carbocycles. The van der Waals surface area contributed by atoms with Gasteiger partial charge in [-0.1, -0.05) is 0 Å². The van der Waals surface area contributed by atoms with Crippen LogP contribution in [-0.4, -0.2) is 10.9 Å². The molecule has 0 aliphatic carbocycles. The van der Waals surface area contributed by atoms with Crippen LogP contribution in [0.4, 0.5) is 4.39 Å². The smallest absolute Gasteiger partial charge is 0.253 e. The van der Waals surface area contributed by atoms with Crippen molar-refractivity contribution < 1.29 is 13.6 Å². The molecule has 0 aromatic carbocycles. The molecule has 1 amide bonds. The standard InChI is InChI=1S/C11H9FN2O2/c12-10-4-3-8(6-13-10)11(15)14-7-9-2-1-5-16-9/h1-6H,7H2,(H,14,15). The van der Waals surface area contributed by atoms with E-state index in [0.717, 1.165) is 6.07 Å². The van der Waals surface area contributed by atoms with E-state index < -0.39 is 5.95 Å². The molecule has 0 fully saturated rings. The van der Waals surface area contributed by atoms with Crippen molar-refractivity contribution in [2.45, 2.75) is 6.54 Å². The van der Waals surface area contributed by atoms with E-state index in [1.807, 2.05) is 0 Å². The first-order valence-corrected chi connectivity index (χ1v) is 4.68. The van der Waals surface area contributed by atoms with Gasteiger partial charge in [0.25, 0.3) is 5.91 Å². The number of hydrogen-bond donors (Lipinski definition) is 1. The second kappa shape index (κ2) is 4.57. The molecule has 2 aromatic heterocycles. The Morgan fingerprint density at radius 3 is 2.94 bits per heavy atom. The van der Waals surface area contributed by atoms with Gasteiger partial charge in [0.15, 0.2) is 0 Å². The Hall–Kier alpha value is -2.17. The van der Waals surface area contributed by atoms with Crippen molar-refractivity contribution in [2.75, 3.05) is 0 Å². The van der Waals surface area contributed by atoms with Crippen molar-refractivity contribution in [3.8, 4) is 0 Å². The van der Waals surface area contributed by atoms with Gasteiger partial charge in [-0.3, -0.25) is 4.79 Å². The van der Waals surface area contributed by atoms with Crippen molar-refractivity contribution >= 4 is 5.91 Å². The Morgan fingerprint density at radius 1 is 1.44 bits per heavy atom. The maximum atomic E-state index is 12.5. The van der Waals surface area contributed by atoms with Gasteiger partial charge >= 0.3 is 0 Å². The zero-order chi connectivity index (χ0) is 11.4. The maximum absolute atomic E-state index is 12.5. The number of aromatic nitrogens is 1. The molecular weight excluding hydrogens is 211 g/mol. The number of halogens is 1. The molecule has 2 heterocycles. The summed E-state index contributed by atoms with van der Waals surface area (Å²) in [7, 11) is 0. The van der Waals surface area contributed by atoms with Crippen LogP contribution in [0.1, 0.15) is 16.1 Å².